The van der Waals surface area contributed by atoms with Crippen LogP contribution in [0.25, 0.3) is 6.08 Å². The first-order valence-electron chi connectivity index (χ1n) is 11.4. The number of thioether (sulfide) groups is 1. The summed E-state index contributed by atoms with van der Waals surface area (Å²) in [4.78, 5) is 51.3. The summed E-state index contributed by atoms with van der Waals surface area (Å²) >= 11 is 1.97. The van der Waals surface area contributed by atoms with Gasteiger partial charge in [0, 0.05) is 16.6 Å². The number of anilines is 1. The number of imide groups is 1. The molecule has 8 nitrogen and oxygen atoms in total. The summed E-state index contributed by atoms with van der Waals surface area (Å²) in [5.74, 6) is -1.12. The maximum atomic E-state index is 12.8. The molecule has 1 N–H and O–H groups in total. The van der Waals surface area contributed by atoms with Crippen LogP contribution >= 0.6 is 23.5 Å². The topological polar surface area (TPSA) is 110 Å². The average molecular weight is 534 g/mol. The van der Waals surface area contributed by atoms with Gasteiger partial charge in [-0.2, -0.15) is 0 Å². The van der Waals surface area contributed by atoms with Gasteiger partial charge in [0.1, 0.15) is 6.54 Å². The van der Waals surface area contributed by atoms with E-state index >= 15 is 0 Å². The van der Waals surface area contributed by atoms with E-state index in [-0.39, 0.29) is 10.6 Å². The lowest BCUT2D eigenvalue weighted by Gasteiger charge is -2.12. The molecule has 1 aliphatic heterocycles. The van der Waals surface area contributed by atoms with Crippen LogP contribution in [0.15, 0.2) is 81.4 Å². The lowest BCUT2D eigenvalue weighted by atomic mass is 10.1. The molecule has 0 saturated carbocycles. The first kappa shape index (κ1) is 26.2. The quantitative estimate of drug-likeness (QED) is 0.206. The number of rotatable bonds is 8. The molecule has 0 unspecified atom stereocenters. The van der Waals surface area contributed by atoms with E-state index in [9.17, 15) is 24.5 Å². The van der Waals surface area contributed by atoms with E-state index < -0.39 is 28.5 Å². The van der Waals surface area contributed by atoms with Crippen molar-refractivity contribution in [2.75, 3.05) is 11.9 Å². The fraction of sp³-hybridized carbons (Fsp3) is 0.148. The van der Waals surface area contributed by atoms with Gasteiger partial charge in [-0.25, -0.2) is 0 Å². The van der Waals surface area contributed by atoms with Crippen molar-refractivity contribution in [3.05, 3.63) is 98.4 Å². The van der Waals surface area contributed by atoms with E-state index in [4.69, 9.17) is 0 Å². The lowest BCUT2D eigenvalue weighted by Crippen LogP contribution is -2.36. The summed E-state index contributed by atoms with van der Waals surface area (Å²) in [5, 5.41) is 13.8. The summed E-state index contributed by atoms with van der Waals surface area (Å²) in [7, 11) is 0. The number of carbonyl (C=O) groups excluding carboxylic acids is 3. The molecule has 0 radical (unpaired) electrons. The van der Waals surface area contributed by atoms with Crippen LogP contribution < -0.4 is 5.32 Å². The van der Waals surface area contributed by atoms with Crippen molar-refractivity contribution >= 4 is 58.0 Å². The van der Waals surface area contributed by atoms with Crippen LogP contribution in [0.5, 0.6) is 0 Å². The van der Waals surface area contributed by atoms with Crippen molar-refractivity contribution in [1.82, 2.24) is 4.90 Å². The molecule has 1 aliphatic rings. The third-order valence-corrected chi connectivity index (χ3v) is 7.53. The highest BCUT2D eigenvalue weighted by Crippen LogP contribution is 2.37. The number of nitro benzene ring substituents is 1. The highest BCUT2D eigenvalue weighted by atomic mass is 32.2. The Morgan fingerprint density at radius 1 is 1.08 bits per heavy atom. The first-order chi connectivity index (χ1) is 17.7. The number of hydrogen-bond acceptors (Lipinski definition) is 7. The van der Waals surface area contributed by atoms with Crippen LogP contribution in [0, 0.1) is 17.0 Å². The molecule has 188 valence electrons. The molecule has 0 bridgehead atoms. The van der Waals surface area contributed by atoms with Crippen molar-refractivity contribution in [1.29, 1.82) is 0 Å². The Bertz CT molecular complexity index is 1400. The van der Waals surface area contributed by atoms with Crippen LogP contribution in [-0.4, -0.2) is 33.4 Å². The maximum absolute atomic E-state index is 12.8. The Morgan fingerprint density at radius 3 is 2.43 bits per heavy atom. The number of nitrogens with one attached hydrogen (secondary N) is 1. The van der Waals surface area contributed by atoms with Gasteiger partial charge >= 0.3 is 0 Å². The predicted molar refractivity (Wildman–Crippen MR) is 146 cm³/mol. The van der Waals surface area contributed by atoms with E-state index in [1.807, 2.05) is 50.2 Å². The molecular weight excluding hydrogens is 510 g/mol. The largest absolute Gasteiger partial charge is 0.325 e. The smallest absolute Gasteiger partial charge is 0.294 e. The normalized spacial score (nSPS) is 14.3. The fourth-order valence-electron chi connectivity index (χ4n) is 3.54. The second-order valence-electron chi connectivity index (χ2n) is 8.27. The SMILES string of the molecule is CCc1ccc(NC(=O)CN2C(=O)SC(=Cc3ccc(Sc4ccc(C)cc4)c([N+](=O)[O-])c3)C2=O)cc1. The summed E-state index contributed by atoms with van der Waals surface area (Å²) in [6.07, 6.45) is 2.30. The molecule has 37 heavy (non-hydrogen) atoms. The number of nitro groups is 1. The van der Waals surface area contributed by atoms with Crippen LogP contribution in [0.2, 0.25) is 0 Å². The van der Waals surface area contributed by atoms with Crippen molar-refractivity contribution in [3.8, 4) is 0 Å². The zero-order valence-electron chi connectivity index (χ0n) is 20.1. The fourth-order valence-corrected chi connectivity index (χ4v) is 5.28. The van der Waals surface area contributed by atoms with Crippen molar-refractivity contribution < 1.29 is 19.3 Å². The Kier molecular flexibility index (Phi) is 8.10. The number of benzene rings is 3. The minimum atomic E-state index is -0.618. The van der Waals surface area contributed by atoms with E-state index in [1.54, 1.807) is 24.3 Å². The molecule has 0 aliphatic carbocycles. The average Bonchev–Trinajstić information content (AvgIpc) is 3.13. The highest BCUT2D eigenvalue weighted by molar-refractivity contribution is 8.18. The highest BCUT2D eigenvalue weighted by Gasteiger charge is 2.36. The van der Waals surface area contributed by atoms with Crippen molar-refractivity contribution in [2.45, 2.75) is 30.1 Å². The van der Waals surface area contributed by atoms with E-state index in [1.165, 1.54) is 23.9 Å². The van der Waals surface area contributed by atoms with Gasteiger partial charge in [0.05, 0.1) is 14.7 Å². The van der Waals surface area contributed by atoms with Gasteiger partial charge in [0.2, 0.25) is 5.91 Å². The molecule has 0 aromatic heterocycles. The number of nitrogens with zero attached hydrogens (tertiary/aromatic N) is 2. The lowest BCUT2D eigenvalue weighted by molar-refractivity contribution is -0.387. The molecule has 1 fully saturated rings. The summed E-state index contributed by atoms with van der Waals surface area (Å²) in [6.45, 7) is 3.56. The Labute approximate surface area is 222 Å². The van der Waals surface area contributed by atoms with Crippen LogP contribution in [-0.2, 0) is 16.0 Å². The standard InChI is InChI=1S/C27H23N3O5S2/c1-3-18-6-9-20(10-7-18)28-25(31)16-29-26(32)24(37-27(29)33)15-19-8-13-23(22(14-19)30(34)35)36-21-11-4-17(2)5-12-21/h4-15H,3,16H2,1-2H3,(H,28,31). The van der Waals surface area contributed by atoms with Crippen molar-refractivity contribution in [2.24, 2.45) is 0 Å². The molecule has 1 saturated heterocycles. The van der Waals surface area contributed by atoms with Gasteiger partial charge in [0.15, 0.2) is 0 Å². The van der Waals surface area contributed by atoms with E-state index in [2.05, 4.69) is 5.32 Å². The molecule has 3 aromatic carbocycles. The molecule has 0 atom stereocenters. The van der Waals surface area contributed by atoms with E-state index in [0.29, 0.717) is 27.9 Å². The van der Waals surface area contributed by atoms with Gasteiger partial charge in [0.25, 0.3) is 16.8 Å². The number of carbonyl (C=O) groups is 3. The molecule has 1 heterocycles. The Morgan fingerprint density at radius 2 is 1.78 bits per heavy atom. The molecule has 4 rings (SSSR count). The maximum Gasteiger partial charge on any atom is 0.294 e. The Balaban J connectivity index is 1.47. The van der Waals surface area contributed by atoms with Gasteiger partial charge in [-0.1, -0.05) is 54.6 Å². The number of aryl methyl sites for hydroxylation is 2. The minimum absolute atomic E-state index is 0.0957. The van der Waals surface area contributed by atoms with Crippen LogP contribution in [0.4, 0.5) is 16.2 Å². The van der Waals surface area contributed by atoms with E-state index in [0.717, 1.165) is 27.3 Å². The second-order valence-corrected chi connectivity index (χ2v) is 10.4. The summed E-state index contributed by atoms with van der Waals surface area (Å²) < 4.78 is 0. The third kappa shape index (κ3) is 6.46. The number of hydrogen-bond donors (Lipinski definition) is 1. The molecule has 3 amide bonds. The molecule has 10 heteroatoms. The third-order valence-electron chi connectivity index (χ3n) is 5.55. The summed E-state index contributed by atoms with van der Waals surface area (Å²) in [6, 6.07) is 19.6. The molecule has 3 aromatic rings. The Hall–Kier alpha value is -3.89. The minimum Gasteiger partial charge on any atom is -0.325 e. The summed E-state index contributed by atoms with van der Waals surface area (Å²) in [5.41, 5.74) is 3.08. The monoisotopic (exact) mass is 533 g/mol. The predicted octanol–water partition coefficient (Wildman–Crippen LogP) is 6.29. The molecule has 0 spiro atoms. The van der Waals surface area contributed by atoms with Gasteiger partial charge < -0.3 is 5.32 Å². The second kappa shape index (κ2) is 11.4. The van der Waals surface area contributed by atoms with Crippen LogP contribution in [0.3, 0.4) is 0 Å². The first-order valence-corrected chi connectivity index (χ1v) is 13.0. The van der Waals surface area contributed by atoms with Gasteiger partial charge in [-0.05, 0) is 72.6 Å². The number of amides is 3. The van der Waals surface area contributed by atoms with Gasteiger partial charge in [-0.3, -0.25) is 29.4 Å². The van der Waals surface area contributed by atoms with Crippen molar-refractivity contribution in [3.63, 3.8) is 0 Å². The zero-order valence-corrected chi connectivity index (χ0v) is 21.7. The molecular formula is C27H23N3O5S2. The van der Waals surface area contributed by atoms with Gasteiger partial charge in [-0.15, -0.1) is 0 Å². The zero-order chi connectivity index (χ0) is 26.5. The van der Waals surface area contributed by atoms with Crippen LogP contribution in [0.1, 0.15) is 23.6 Å².